The zero-order valence-electron chi connectivity index (χ0n) is 9.26. The van der Waals surface area contributed by atoms with Gasteiger partial charge < -0.3 is 20.6 Å². The van der Waals surface area contributed by atoms with Crippen LogP contribution in [0.3, 0.4) is 0 Å². The van der Waals surface area contributed by atoms with Gasteiger partial charge in [0.05, 0.1) is 3.57 Å². The van der Waals surface area contributed by atoms with Gasteiger partial charge in [0.1, 0.15) is 11.8 Å². The SMILES string of the molecule is O=C(N[C@@H](CCO)C(=O)O)c1ccc(I)c(O)c1. The quantitative estimate of drug-likeness (QED) is 0.571. The van der Waals surface area contributed by atoms with Crippen LogP contribution >= 0.6 is 22.6 Å². The highest BCUT2D eigenvalue weighted by molar-refractivity contribution is 14.1. The number of carbonyl (C=O) groups excluding carboxylic acids is 1. The molecule has 0 bridgehead atoms. The first kappa shape index (κ1) is 14.7. The van der Waals surface area contributed by atoms with Gasteiger partial charge >= 0.3 is 5.97 Å². The van der Waals surface area contributed by atoms with Crippen molar-refractivity contribution in [2.24, 2.45) is 0 Å². The molecule has 1 amide bonds. The van der Waals surface area contributed by atoms with Crippen LogP contribution in [0.5, 0.6) is 5.75 Å². The van der Waals surface area contributed by atoms with Crippen molar-refractivity contribution in [2.45, 2.75) is 12.5 Å². The van der Waals surface area contributed by atoms with Crippen molar-refractivity contribution in [1.82, 2.24) is 5.32 Å². The minimum absolute atomic E-state index is 0.0442. The third kappa shape index (κ3) is 3.84. The van der Waals surface area contributed by atoms with Gasteiger partial charge in [0.15, 0.2) is 0 Å². The normalized spacial score (nSPS) is 11.9. The van der Waals surface area contributed by atoms with E-state index in [2.05, 4.69) is 5.32 Å². The molecule has 0 saturated heterocycles. The number of aromatic hydroxyl groups is 1. The van der Waals surface area contributed by atoms with E-state index in [1.165, 1.54) is 12.1 Å². The average molecular weight is 365 g/mol. The van der Waals surface area contributed by atoms with Crippen LogP contribution in [0.2, 0.25) is 0 Å². The molecule has 0 aliphatic heterocycles. The third-order valence-corrected chi connectivity index (χ3v) is 3.14. The maximum atomic E-state index is 11.7. The number of phenols is 1. The number of aliphatic hydroxyl groups is 1. The Morgan fingerprint density at radius 1 is 1.39 bits per heavy atom. The first-order valence-corrected chi connectivity index (χ1v) is 6.16. The summed E-state index contributed by atoms with van der Waals surface area (Å²) in [6.07, 6.45) is -0.0720. The number of halogens is 1. The average Bonchev–Trinajstić information content (AvgIpc) is 2.31. The van der Waals surface area contributed by atoms with Gasteiger partial charge in [-0.15, -0.1) is 0 Å². The smallest absolute Gasteiger partial charge is 0.326 e. The Morgan fingerprint density at radius 3 is 2.56 bits per heavy atom. The summed E-state index contributed by atoms with van der Waals surface area (Å²) in [7, 11) is 0. The zero-order chi connectivity index (χ0) is 13.7. The molecule has 1 atom stereocenters. The van der Waals surface area contributed by atoms with E-state index in [1.807, 2.05) is 22.6 Å². The van der Waals surface area contributed by atoms with E-state index in [0.29, 0.717) is 3.57 Å². The van der Waals surface area contributed by atoms with Gasteiger partial charge in [0, 0.05) is 18.6 Å². The summed E-state index contributed by atoms with van der Waals surface area (Å²) in [6.45, 7) is -0.338. The fourth-order valence-electron chi connectivity index (χ4n) is 1.28. The number of nitrogens with one attached hydrogen (secondary N) is 1. The molecule has 0 fully saturated rings. The van der Waals surface area contributed by atoms with E-state index >= 15 is 0 Å². The molecular formula is C11H12INO5. The summed E-state index contributed by atoms with van der Waals surface area (Å²) in [5.41, 5.74) is 0.164. The van der Waals surface area contributed by atoms with E-state index in [9.17, 15) is 14.7 Å². The van der Waals surface area contributed by atoms with Crippen molar-refractivity contribution in [2.75, 3.05) is 6.61 Å². The lowest BCUT2D eigenvalue weighted by molar-refractivity contribution is -0.139. The van der Waals surface area contributed by atoms with Gasteiger partial charge in [-0.05, 0) is 40.8 Å². The van der Waals surface area contributed by atoms with Crippen molar-refractivity contribution in [3.63, 3.8) is 0 Å². The molecule has 18 heavy (non-hydrogen) atoms. The van der Waals surface area contributed by atoms with Crippen molar-refractivity contribution in [1.29, 1.82) is 0 Å². The number of phenolic OH excluding ortho intramolecular Hbond substituents is 1. The first-order chi connectivity index (χ1) is 8.45. The molecule has 0 radical (unpaired) electrons. The Balaban J connectivity index is 2.80. The molecule has 0 aliphatic rings. The van der Waals surface area contributed by atoms with E-state index in [0.717, 1.165) is 0 Å². The van der Waals surface area contributed by atoms with Crippen molar-refractivity contribution < 1.29 is 24.9 Å². The molecule has 0 unspecified atom stereocenters. The highest BCUT2D eigenvalue weighted by Gasteiger charge is 2.20. The zero-order valence-corrected chi connectivity index (χ0v) is 11.4. The van der Waals surface area contributed by atoms with Gasteiger partial charge in [0.2, 0.25) is 0 Å². The lowest BCUT2D eigenvalue weighted by Gasteiger charge is -2.13. The molecule has 0 aromatic heterocycles. The number of hydrogen-bond acceptors (Lipinski definition) is 4. The summed E-state index contributed by atoms with van der Waals surface area (Å²) in [5.74, 6) is -1.87. The topological polar surface area (TPSA) is 107 Å². The van der Waals surface area contributed by atoms with Crippen LogP contribution in [-0.2, 0) is 4.79 Å². The summed E-state index contributed by atoms with van der Waals surface area (Å²) in [5, 5.41) is 29.2. The number of carboxylic acid groups (broad SMARTS) is 1. The van der Waals surface area contributed by atoms with Gasteiger partial charge in [-0.1, -0.05) is 0 Å². The molecule has 98 valence electrons. The highest BCUT2D eigenvalue weighted by Crippen LogP contribution is 2.20. The maximum Gasteiger partial charge on any atom is 0.326 e. The van der Waals surface area contributed by atoms with Crippen LogP contribution in [0.4, 0.5) is 0 Å². The minimum atomic E-state index is -1.22. The third-order valence-electron chi connectivity index (χ3n) is 2.23. The number of amides is 1. The monoisotopic (exact) mass is 365 g/mol. The van der Waals surface area contributed by atoms with Crippen molar-refractivity contribution >= 4 is 34.5 Å². The molecule has 0 spiro atoms. The fourth-order valence-corrected chi connectivity index (χ4v) is 1.62. The summed E-state index contributed by atoms with van der Waals surface area (Å²) in [6, 6.07) is 3.14. The van der Waals surface area contributed by atoms with Crippen LogP contribution in [0.25, 0.3) is 0 Å². The van der Waals surface area contributed by atoms with Gasteiger partial charge in [-0.2, -0.15) is 0 Å². The van der Waals surface area contributed by atoms with Crippen LogP contribution in [0.15, 0.2) is 18.2 Å². The molecule has 4 N–H and O–H groups in total. The number of benzene rings is 1. The van der Waals surface area contributed by atoms with Gasteiger partial charge in [-0.3, -0.25) is 4.79 Å². The van der Waals surface area contributed by atoms with Crippen molar-refractivity contribution in [3.8, 4) is 5.75 Å². The summed E-state index contributed by atoms with van der Waals surface area (Å²) in [4.78, 5) is 22.5. The summed E-state index contributed by atoms with van der Waals surface area (Å²) < 4.78 is 0.592. The number of aliphatic carboxylic acids is 1. The van der Waals surface area contributed by atoms with E-state index in [1.54, 1.807) is 6.07 Å². The Morgan fingerprint density at radius 2 is 2.06 bits per heavy atom. The molecule has 0 heterocycles. The van der Waals surface area contributed by atoms with Gasteiger partial charge in [-0.25, -0.2) is 4.79 Å². The number of aliphatic hydroxyl groups excluding tert-OH is 1. The van der Waals surface area contributed by atoms with E-state index < -0.39 is 17.9 Å². The Labute approximate surface area is 117 Å². The predicted octanol–water partition coefficient (Wildman–Crippen LogP) is 0.562. The standard InChI is InChI=1S/C11H12INO5/c12-7-2-1-6(5-9(7)15)10(16)13-8(3-4-14)11(17)18/h1-2,5,8,14-15H,3-4H2,(H,13,16)(H,17,18)/t8-/m0/s1. The first-order valence-electron chi connectivity index (χ1n) is 5.08. The molecule has 1 rings (SSSR count). The Hall–Kier alpha value is -1.35. The maximum absolute atomic E-state index is 11.7. The van der Waals surface area contributed by atoms with Crippen LogP contribution < -0.4 is 5.32 Å². The molecule has 0 aliphatic carbocycles. The minimum Gasteiger partial charge on any atom is -0.507 e. The lowest BCUT2D eigenvalue weighted by atomic mass is 10.1. The lowest BCUT2D eigenvalue weighted by Crippen LogP contribution is -2.41. The van der Waals surface area contributed by atoms with Crippen LogP contribution in [0.1, 0.15) is 16.8 Å². The van der Waals surface area contributed by atoms with E-state index in [-0.39, 0.29) is 24.3 Å². The Bertz CT molecular complexity index is 463. The second-order valence-electron chi connectivity index (χ2n) is 3.54. The fraction of sp³-hybridized carbons (Fsp3) is 0.273. The number of carboxylic acids is 1. The second kappa shape index (κ2) is 6.55. The molecule has 6 nitrogen and oxygen atoms in total. The second-order valence-corrected chi connectivity index (χ2v) is 4.70. The molecule has 1 aromatic rings. The molecule has 1 aromatic carbocycles. The number of hydrogen-bond donors (Lipinski definition) is 4. The summed E-state index contributed by atoms with van der Waals surface area (Å²) >= 11 is 1.90. The largest absolute Gasteiger partial charge is 0.507 e. The predicted molar refractivity (Wildman–Crippen MR) is 71.4 cm³/mol. The number of carbonyl (C=O) groups is 2. The molecule has 7 heteroatoms. The highest BCUT2D eigenvalue weighted by atomic mass is 127. The van der Waals surface area contributed by atoms with Crippen LogP contribution in [-0.4, -0.2) is 39.8 Å². The van der Waals surface area contributed by atoms with E-state index in [4.69, 9.17) is 10.2 Å². The molecule has 0 saturated carbocycles. The Kier molecular flexibility index (Phi) is 5.35. The van der Waals surface area contributed by atoms with Crippen molar-refractivity contribution in [3.05, 3.63) is 27.3 Å². The molecular weight excluding hydrogens is 353 g/mol. The van der Waals surface area contributed by atoms with Gasteiger partial charge in [0.25, 0.3) is 5.91 Å². The number of rotatable bonds is 5. The van der Waals surface area contributed by atoms with Crippen LogP contribution in [0, 0.1) is 3.57 Å².